The Morgan fingerprint density at radius 3 is 2.52 bits per heavy atom. The van der Waals surface area contributed by atoms with Crippen molar-refractivity contribution in [2.24, 2.45) is 5.92 Å². The highest BCUT2D eigenvalue weighted by atomic mass is 32.2. The van der Waals surface area contributed by atoms with E-state index in [0.717, 1.165) is 25.0 Å². The quantitative estimate of drug-likeness (QED) is 0.780. The average molecular weight is 436 g/mol. The Bertz CT molecular complexity index is 954. The summed E-state index contributed by atoms with van der Waals surface area (Å²) in [7, 11) is -2.02. The third kappa shape index (κ3) is 4.31. The number of hydrogen-bond donors (Lipinski definition) is 1. The minimum atomic E-state index is -3.56. The molecular weight excluding hydrogens is 410 g/mol. The first-order valence-electron chi connectivity index (χ1n) is 9.91. The molecule has 0 atom stereocenters. The average Bonchev–Trinajstić information content (AvgIpc) is 3.16. The number of amides is 1. The third-order valence-corrected chi connectivity index (χ3v) is 8.58. The molecule has 0 spiro atoms. The summed E-state index contributed by atoms with van der Waals surface area (Å²) in [6, 6.07) is 6.38. The van der Waals surface area contributed by atoms with Crippen molar-refractivity contribution in [3.05, 3.63) is 34.8 Å². The van der Waals surface area contributed by atoms with Crippen molar-refractivity contribution < 1.29 is 17.9 Å². The van der Waals surface area contributed by atoms with E-state index in [1.807, 2.05) is 0 Å². The molecule has 2 heterocycles. The Balaban J connectivity index is 1.35. The number of nitrogens with zero attached hydrogens (tertiary/aromatic N) is 2. The number of anilines is 1. The number of fused-ring (bicyclic) bond motifs is 1. The van der Waals surface area contributed by atoms with Crippen LogP contribution in [0.5, 0.6) is 5.75 Å². The smallest absolute Gasteiger partial charge is 0.243 e. The SMILES string of the molecule is COc1ccc(S(=O)(=O)N2CCC(C(=O)Nc3nc4c(s3)CCCC4)CC2)cc1. The number of aromatic nitrogens is 1. The van der Waals surface area contributed by atoms with Crippen molar-refractivity contribution in [2.75, 3.05) is 25.5 Å². The first kappa shape index (κ1) is 20.3. The maximum atomic E-state index is 12.8. The van der Waals surface area contributed by atoms with Crippen molar-refractivity contribution in [3.8, 4) is 5.75 Å². The Kier molecular flexibility index (Phi) is 5.89. The second-order valence-corrected chi connectivity index (χ2v) is 10.5. The maximum Gasteiger partial charge on any atom is 0.243 e. The van der Waals surface area contributed by atoms with Crippen molar-refractivity contribution >= 4 is 32.4 Å². The molecule has 2 aliphatic rings. The van der Waals surface area contributed by atoms with E-state index >= 15 is 0 Å². The monoisotopic (exact) mass is 435 g/mol. The van der Waals surface area contributed by atoms with E-state index in [0.29, 0.717) is 36.8 Å². The second-order valence-electron chi connectivity index (χ2n) is 7.44. The number of thiazole rings is 1. The van der Waals surface area contributed by atoms with Crippen LogP contribution in [0.25, 0.3) is 0 Å². The van der Waals surface area contributed by atoms with Gasteiger partial charge < -0.3 is 10.1 Å². The highest BCUT2D eigenvalue weighted by Gasteiger charge is 2.32. The van der Waals surface area contributed by atoms with Gasteiger partial charge in [0.1, 0.15) is 5.75 Å². The molecule has 1 saturated heterocycles. The number of rotatable bonds is 5. The second kappa shape index (κ2) is 8.41. The first-order chi connectivity index (χ1) is 14.0. The Labute approximate surface area is 175 Å². The zero-order chi connectivity index (χ0) is 20.4. The fraction of sp³-hybridized carbons (Fsp3) is 0.500. The number of nitrogens with one attached hydrogen (secondary N) is 1. The molecule has 1 aliphatic carbocycles. The predicted octanol–water partition coefficient (Wildman–Crippen LogP) is 3.07. The van der Waals surface area contributed by atoms with E-state index in [1.165, 1.54) is 15.6 Å². The van der Waals surface area contributed by atoms with Crippen LogP contribution in [0.2, 0.25) is 0 Å². The highest BCUT2D eigenvalue weighted by Crippen LogP contribution is 2.31. The summed E-state index contributed by atoms with van der Waals surface area (Å²) in [6.07, 6.45) is 5.39. The van der Waals surface area contributed by atoms with Crippen LogP contribution in [0.3, 0.4) is 0 Å². The fourth-order valence-electron chi connectivity index (χ4n) is 3.87. The standard InChI is InChI=1S/C20H25N3O4S2/c1-27-15-6-8-16(9-7-15)29(25,26)23-12-10-14(11-13-23)19(24)22-20-21-17-4-2-3-5-18(17)28-20/h6-9,14H,2-5,10-13H2,1H3,(H,21,22,24). The summed E-state index contributed by atoms with van der Waals surface area (Å²) in [4.78, 5) is 18.7. The third-order valence-electron chi connectivity index (χ3n) is 5.60. The molecule has 0 radical (unpaired) electrons. The van der Waals surface area contributed by atoms with Gasteiger partial charge in [-0.05, 0) is 62.8 Å². The van der Waals surface area contributed by atoms with Crippen LogP contribution in [0, 0.1) is 5.92 Å². The number of benzene rings is 1. The molecule has 1 aliphatic heterocycles. The van der Waals surface area contributed by atoms with E-state index in [2.05, 4.69) is 10.3 Å². The number of aryl methyl sites for hydroxylation is 2. The van der Waals surface area contributed by atoms with Crippen LogP contribution >= 0.6 is 11.3 Å². The van der Waals surface area contributed by atoms with Crippen LogP contribution in [0.1, 0.15) is 36.3 Å². The van der Waals surface area contributed by atoms with Gasteiger partial charge in [0.05, 0.1) is 17.7 Å². The largest absolute Gasteiger partial charge is 0.497 e. The van der Waals surface area contributed by atoms with Crippen molar-refractivity contribution in [1.29, 1.82) is 0 Å². The minimum absolute atomic E-state index is 0.0578. The Hall–Kier alpha value is -1.97. The van der Waals surface area contributed by atoms with E-state index in [1.54, 1.807) is 42.7 Å². The predicted molar refractivity (Wildman–Crippen MR) is 112 cm³/mol. The summed E-state index contributed by atoms with van der Waals surface area (Å²) in [5.74, 6) is 0.360. The zero-order valence-electron chi connectivity index (χ0n) is 16.4. The molecule has 2 aromatic rings. The molecule has 9 heteroatoms. The lowest BCUT2D eigenvalue weighted by Gasteiger charge is -2.30. The van der Waals surface area contributed by atoms with Gasteiger partial charge in [0.25, 0.3) is 0 Å². The summed E-state index contributed by atoms with van der Waals surface area (Å²) >= 11 is 1.57. The number of methoxy groups -OCH3 is 1. The van der Waals surface area contributed by atoms with Gasteiger partial charge in [-0.25, -0.2) is 13.4 Å². The molecule has 1 aromatic carbocycles. The van der Waals surface area contributed by atoms with Gasteiger partial charge in [-0.3, -0.25) is 4.79 Å². The molecule has 1 aromatic heterocycles. The van der Waals surface area contributed by atoms with E-state index < -0.39 is 10.0 Å². The lowest BCUT2D eigenvalue weighted by molar-refractivity contribution is -0.120. The van der Waals surface area contributed by atoms with Gasteiger partial charge >= 0.3 is 0 Å². The van der Waals surface area contributed by atoms with Crippen LogP contribution < -0.4 is 10.1 Å². The van der Waals surface area contributed by atoms with Gasteiger partial charge in [-0.15, -0.1) is 11.3 Å². The maximum absolute atomic E-state index is 12.8. The Morgan fingerprint density at radius 1 is 1.17 bits per heavy atom. The highest BCUT2D eigenvalue weighted by molar-refractivity contribution is 7.89. The van der Waals surface area contributed by atoms with Crippen LogP contribution in [-0.2, 0) is 27.7 Å². The van der Waals surface area contributed by atoms with Crippen LogP contribution in [0.15, 0.2) is 29.2 Å². The van der Waals surface area contributed by atoms with Gasteiger partial charge in [0.15, 0.2) is 5.13 Å². The summed E-state index contributed by atoms with van der Waals surface area (Å²) in [6.45, 7) is 0.668. The molecule has 156 valence electrons. The molecule has 7 nitrogen and oxygen atoms in total. The van der Waals surface area contributed by atoms with Gasteiger partial charge in [0, 0.05) is 23.9 Å². The van der Waals surface area contributed by atoms with E-state index in [9.17, 15) is 13.2 Å². The van der Waals surface area contributed by atoms with Crippen molar-refractivity contribution in [3.63, 3.8) is 0 Å². The lowest BCUT2D eigenvalue weighted by Crippen LogP contribution is -2.41. The summed E-state index contributed by atoms with van der Waals surface area (Å²) < 4.78 is 32.2. The molecule has 0 unspecified atom stereocenters. The molecule has 0 bridgehead atoms. The molecule has 1 fully saturated rings. The van der Waals surface area contributed by atoms with Gasteiger partial charge in [0.2, 0.25) is 15.9 Å². The fourth-order valence-corrected chi connectivity index (χ4v) is 6.39. The number of ether oxygens (including phenoxy) is 1. The number of carbonyl (C=O) groups excluding carboxylic acids is 1. The molecule has 1 N–H and O–H groups in total. The minimum Gasteiger partial charge on any atom is -0.497 e. The van der Waals surface area contributed by atoms with E-state index in [4.69, 9.17) is 4.74 Å². The summed E-state index contributed by atoms with van der Waals surface area (Å²) in [5.41, 5.74) is 1.12. The van der Waals surface area contributed by atoms with Gasteiger partial charge in [-0.1, -0.05) is 0 Å². The van der Waals surface area contributed by atoms with Crippen LogP contribution in [-0.4, -0.2) is 43.8 Å². The number of hydrogen-bond acceptors (Lipinski definition) is 6. The molecule has 4 rings (SSSR count). The van der Waals surface area contributed by atoms with E-state index in [-0.39, 0.29) is 16.7 Å². The Morgan fingerprint density at radius 2 is 1.86 bits per heavy atom. The molecule has 29 heavy (non-hydrogen) atoms. The normalized spacial score (nSPS) is 18.2. The molecule has 0 saturated carbocycles. The van der Waals surface area contributed by atoms with Crippen LogP contribution in [0.4, 0.5) is 5.13 Å². The lowest BCUT2D eigenvalue weighted by atomic mass is 9.97. The zero-order valence-corrected chi connectivity index (χ0v) is 18.0. The van der Waals surface area contributed by atoms with Gasteiger partial charge in [-0.2, -0.15) is 4.31 Å². The number of carbonyl (C=O) groups is 1. The number of sulfonamides is 1. The van der Waals surface area contributed by atoms with Crippen molar-refractivity contribution in [1.82, 2.24) is 9.29 Å². The summed E-state index contributed by atoms with van der Waals surface area (Å²) in [5, 5.41) is 3.63. The van der Waals surface area contributed by atoms with Crippen molar-refractivity contribution in [2.45, 2.75) is 43.4 Å². The first-order valence-corrected chi connectivity index (χ1v) is 12.2. The molecular formula is C20H25N3O4S2. The number of piperidine rings is 1. The topological polar surface area (TPSA) is 88.6 Å². The molecule has 1 amide bonds.